The van der Waals surface area contributed by atoms with Crippen LogP contribution in [0, 0.1) is 5.92 Å². The Bertz CT molecular complexity index is 235. The van der Waals surface area contributed by atoms with Crippen LogP contribution in [0.1, 0.15) is 27.7 Å². The van der Waals surface area contributed by atoms with E-state index in [2.05, 4.69) is 0 Å². The van der Waals surface area contributed by atoms with Gasteiger partial charge in [0, 0.05) is 0 Å². The Labute approximate surface area is 78.1 Å². The molecule has 0 radical (unpaired) electrons. The largest absolute Gasteiger partial charge is 0.389 e. The number of aliphatic hydroxyl groups is 1. The minimum absolute atomic E-state index is 0.511. The van der Waals surface area contributed by atoms with Gasteiger partial charge < -0.3 is 15.6 Å². The highest BCUT2D eigenvalue weighted by atomic mass is 16.5. The molecule has 4 heteroatoms. The summed E-state index contributed by atoms with van der Waals surface area (Å²) in [5, 5.41) is 9.80. The van der Waals surface area contributed by atoms with Gasteiger partial charge in [0.15, 0.2) is 0 Å². The number of rotatable bonds is 1. The molecule has 0 aliphatic carbocycles. The first-order valence-corrected chi connectivity index (χ1v) is 4.36. The van der Waals surface area contributed by atoms with Crippen molar-refractivity contribution < 1.29 is 14.6 Å². The van der Waals surface area contributed by atoms with E-state index in [1.165, 1.54) is 0 Å². The molecule has 0 aromatic heterocycles. The summed E-state index contributed by atoms with van der Waals surface area (Å²) in [6, 6.07) is 0. The topological polar surface area (TPSA) is 72.5 Å². The zero-order chi connectivity index (χ0) is 10.4. The van der Waals surface area contributed by atoms with Gasteiger partial charge in [-0.25, -0.2) is 0 Å². The fourth-order valence-electron chi connectivity index (χ4n) is 2.08. The third kappa shape index (κ3) is 1.56. The Kier molecular flexibility index (Phi) is 2.16. The third-order valence-electron chi connectivity index (χ3n) is 2.61. The lowest BCUT2D eigenvalue weighted by Gasteiger charge is -2.25. The highest BCUT2D eigenvalue weighted by molar-refractivity contribution is 5.79. The number of aliphatic hydroxyl groups excluding tert-OH is 1. The predicted molar refractivity (Wildman–Crippen MR) is 47.9 cm³/mol. The Morgan fingerprint density at radius 2 is 1.77 bits per heavy atom. The van der Waals surface area contributed by atoms with Crippen molar-refractivity contribution in [3.05, 3.63) is 0 Å². The summed E-state index contributed by atoms with van der Waals surface area (Å²) in [6.07, 6.45) is -0.833. The third-order valence-corrected chi connectivity index (χ3v) is 2.61. The first-order valence-electron chi connectivity index (χ1n) is 4.36. The molecule has 3 N–H and O–H groups in total. The average molecular weight is 187 g/mol. The molecule has 1 aliphatic heterocycles. The van der Waals surface area contributed by atoms with Gasteiger partial charge in [0.1, 0.15) is 0 Å². The first kappa shape index (κ1) is 10.5. The van der Waals surface area contributed by atoms with Gasteiger partial charge >= 0.3 is 0 Å². The molecule has 2 atom stereocenters. The lowest BCUT2D eigenvalue weighted by molar-refractivity contribution is -0.128. The summed E-state index contributed by atoms with van der Waals surface area (Å²) in [5.74, 6) is -1.15. The van der Waals surface area contributed by atoms with E-state index in [0.29, 0.717) is 0 Å². The van der Waals surface area contributed by atoms with Crippen LogP contribution in [0.15, 0.2) is 0 Å². The summed E-state index contributed by atoms with van der Waals surface area (Å²) in [7, 11) is 0. The molecule has 1 heterocycles. The number of hydrogen-bond acceptors (Lipinski definition) is 3. The van der Waals surface area contributed by atoms with Crippen LogP contribution in [0.4, 0.5) is 0 Å². The molecule has 0 aromatic rings. The number of hydrogen-bond donors (Lipinski definition) is 2. The first-order chi connectivity index (χ1) is 5.68. The molecular weight excluding hydrogens is 170 g/mol. The molecule has 1 rings (SSSR count). The van der Waals surface area contributed by atoms with Crippen molar-refractivity contribution in [2.24, 2.45) is 11.7 Å². The number of amides is 1. The minimum Gasteiger partial charge on any atom is -0.389 e. The molecule has 1 fully saturated rings. The van der Waals surface area contributed by atoms with E-state index in [-0.39, 0.29) is 0 Å². The van der Waals surface area contributed by atoms with Crippen molar-refractivity contribution in [1.82, 2.24) is 0 Å². The second kappa shape index (κ2) is 2.69. The lowest BCUT2D eigenvalue weighted by Crippen LogP contribution is -2.43. The van der Waals surface area contributed by atoms with Crippen LogP contribution < -0.4 is 5.73 Å². The number of ether oxygens (including phenoxy) is 1. The van der Waals surface area contributed by atoms with Crippen LogP contribution in [0.3, 0.4) is 0 Å². The molecule has 13 heavy (non-hydrogen) atoms. The summed E-state index contributed by atoms with van der Waals surface area (Å²) >= 11 is 0. The van der Waals surface area contributed by atoms with Crippen LogP contribution in [0.2, 0.25) is 0 Å². The van der Waals surface area contributed by atoms with Gasteiger partial charge in [-0.05, 0) is 27.7 Å². The summed E-state index contributed by atoms with van der Waals surface area (Å²) < 4.78 is 5.57. The van der Waals surface area contributed by atoms with Crippen molar-refractivity contribution in [3.8, 4) is 0 Å². The second-order valence-corrected chi connectivity index (χ2v) is 4.63. The van der Waals surface area contributed by atoms with Gasteiger partial charge in [-0.1, -0.05) is 0 Å². The second-order valence-electron chi connectivity index (χ2n) is 4.63. The van der Waals surface area contributed by atoms with Crippen LogP contribution in [-0.4, -0.2) is 28.3 Å². The van der Waals surface area contributed by atoms with Crippen LogP contribution >= 0.6 is 0 Å². The van der Waals surface area contributed by atoms with Crippen molar-refractivity contribution in [2.45, 2.75) is 45.0 Å². The van der Waals surface area contributed by atoms with Gasteiger partial charge in [0.05, 0.1) is 23.2 Å². The van der Waals surface area contributed by atoms with Gasteiger partial charge in [-0.2, -0.15) is 0 Å². The standard InChI is InChI=1S/C9H17NO3/c1-8(2)5(7(10)12)6(11)9(3,4)13-8/h5-6,11H,1-4H3,(H2,10,12). The smallest absolute Gasteiger partial charge is 0.226 e. The number of nitrogens with two attached hydrogens (primary N) is 1. The fourth-order valence-corrected chi connectivity index (χ4v) is 2.08. The number of primary amides is 1. The normalized spacial score (nSPS) is 36.1. The van der Waals surface area contributed by atoms with E-state index in [9.17, 15) is 9.90 Å². The Hall–Kier alpha value is -0.610. The molecule has 1 saturated heterocycles. The Balaban J connectivity index is 3.02. The molecule has 0 aromatic carbocycles. The van der Waals surface area contributed by atoms with Gasteiger partial charge in [0.25, 0.3) is 0 Å². The maximum Gasteiger partial charge on any atom is 0.226 e. The quantitative estimate of drug-likeness (QED) is 0.608. The monoisotopic (exact) mass is 187 g/mol. The molecule has 1 aliphatic rings. The maximum absolute atomic E-state index is 11.1. The maximum atomic E-state index is 11.1. The van der Waals surface area contributed by atoms with E-state index < -0.39 is 29.1 Å². The van der Waals surface area contributed by atoms with Gasteiger partial charge in [-0.3, -0.25) is 4.79 Å². The summed E-state index contributed by atoms with van der Waals surface area (Å²) in [6.45, 7) is 7.03. The SMILES string of the molecule is CC1(C)OC(C)(C)C(C(N)=O)C1O. The highest BCUT2D eigenvalue weighted by Gasteiger charge is 2.55. The molecule has 76 valence electrons. The molecule has 1 amide bonds. The molecular formula is C9H17NO3. The summed E-state index contributed by atoms with van der Waals surface area (Å²) in [5.41, 5.74) is 3.82. The lowest BCUT2D eigenvalue weighted by atomic mass is 9.84. The summed E-state index contributed by atoms with van der Waals surface area (Å²) in [4.78, 5) is 11.1. The van der Waals surface area contributed by atoms with E-state index >= 15 is 0 Å². The zero-order valence-electron chi connectivity index (χ0n) is 8.50. The van der Waals surface area contributed by atoms with Crippen LogP contribution in [0.25, 0.3) is 0 Å². The minimum atomic E-state index is -0.833. The van der Waals surface area contributed by atoms with Crippen molar-refractivity contribution in [3.63, 3.8) is 0 Å². The Morgan fingerprint density at radius 3 is 1.92 bits per heavy atom. The number of carbonyl (C=O) groups excluding carboxylic acids is 1. The molecule has 0 saturated carbocycles. The van der Waals surface area contributed by atoms with E-state index in [4.69, 9.17) is 10.5 Å². The predicted octanol–water partition coefficient (Wildman–Crippen LogP) is 0.0362. The number of carbonyl (C=O) groups is 1. The Morgan fingerprint density at radius 1 is 1.31 bits per heavy atom. The van der Waals surface area contributed by atoms with E-state index in [1.807, 2.05) is 0 Å². The molecule has 0 spiro atoms. The fraction of sp³-hybridized carbons (Fsp3) is 0.889. The van der Waals surface area contributed by atoms with Crippen LogP contribution in [-0.2, 0) is 9.53 Å². The van der Waals surface area contributed by atoms with Crippen LogP contribution in [0.5, 0.6) is 0 Å². The molecule has 0 bridgehead atoms. The van der Waals surface area contributed by atoms with Gasteiger partial charge in [-0.15, -0.1) is 0 Å². The molecule has 2 unspecified atom stereocenters. The zero-order valence-corrected chi connectivity index (χ0v) is 8.50. The van der Waals surface area contributed by atoms with Gasteiger partial charge in [0.2, 0.25) is 5.91 Å². The molecule has 4 nitrogen and oxygen atoms in total. The van der Waals surface area contributed by atoms with Crippen molar-refractivity contribution >= 4 is 5.91 Å². The van der Waals surface area contributed by atoms with E-state index in [1.54, 1.807) is 27.7 Å². The highest BCUT2D eigenvalue weighted by Crippen LogP contribution is 2.41. The van der Waals surface area contributed by atoms with Crippen molar-refractivity contribution in [1.29, 1.82) is 0 Å². The average Bonchev–Trinajstić information content (AvgIpc) is 1.96. The van der Waals surface area contributed by atoms with Crippen molar-refractivity contribution in [2.75, 3.05) is 0 Å². The van der Waals surface area contributed by atoms with E-state index in [0.717, 1.165) is 0 Å².